The molecule has 2 aromatic rings. The third-order valence-electron chi connectivity index (χ3n) is 4.59. The lowest BCUT2D eigenvalue weighted by Gasteiger charge is -2.38. The average molecular weight is 349 g/mol. The van der Waals surface area contributed by atoms with Crippen molar-refractivity contribution in [1.82, 2.24) is 15.1 Å². The molecule has 0 aliphatic heterocycles. The Balaban J connectivity index is 1.62. The predicted octanol–water partition coefficient (Wildman–Crippen LogP) is 2.57. The fourth-order valence-electron chi connectivity index (χ4n) is 3.19. The highest BCUT2D eigenvalue weighted by atomic mass is 19.1. The third kappa shape index (κ3) is 4.42. The van der Waals surface area contributed by atoms with Crippen LogP contribution >= 0.6 is 0 Å². The van der Waals surface area contributed by atoms with Gasteiger partial charge in [0.05, 0.1) is 12.1 Å². The van der Waals surface area contributed by atoms with Crippen molar-refractivity contribution >= 4 is 5.91 Å². The molecule has 134 valence electrons. The van der Waals surface area contributed by atoms with Gasteiger partial charge in [-0.25, -0.2) is 8.78 Å². The minimum atomic E-state index is -0.678. The van der Waals surface area contributed by atoms with Crippen LogP contribution in [0.1, 0.15) is 37.3 Å². The summed E-state index contributed by atoms with van der Waals surface area (Å²) in [6.07, 6.45) is 4.96. The molecule has 1 heterocycles. The van der Waals surface area contributed by atoms with Gasteiger partial charge in [-0.3, -0.25) is 9.48 Å². The number of hydrogen-bond donors (Lipinski definition) is 2. The Morgan fingerprint density at radius 2 is 2.20 bits per heavy atom. The smallest absolute Gasteiger partial charge is 0.220 e. The van der Waals surface area contributed by atoms with E-state index in [1.54, 1.807) is 10.9 Å². The summed E-state index contributed by atoms with van der Waals surface area (Å²) in [4.78, 5) is 12.3. The molecule has 3 rings (SSSR count). The van der Waals surface area contributed by atoms with Crippen LogP contribution < -0.4 is 5.32 Å². The first kappa shape index (κ1) is 17.5. The first-order valence-corrected chi connectivity index (χ1v) is 8.42. The molecule has 1 atom stereocenters. The lowest BCUT2D eigenvalue weighted by atomic mass is 9.75. The third-order valence-corrected chi connectivity index (χ3v) is 4.59. The monoisotopic (exact) mass is 349 g/mol. The van der Waals surface area contributed by atoms with Crippen LogP contribution in [0.5, 0.6) is 0 Å². The van der Waals surface area contributed by atoms with Crippen molar-refractivity contribution in [3.05, 3.63) is 53.9 Å². The molecule has 1 aliphatic carbocycles. The molecule has 1 fully saturated rings. The molecule has 1 saturated carbocycles. The molecule has 0 spiro atoms. The second-order valence-corrected chi connectivity index (χ2v) is 6.47. The van der Waals surface area contributed by atoms with Gasteiger partial charge in [0, 0.05) is 37.0 Å². The van der Waals surface area contributed by atoms with E-state index in [1.807, 2.05) is 12.3 Å². The van der Waals surface area contributed by atoms with Gasteiger partial charge in [0.15, 0.2) is 0 Å². The quantitative estimate of drug-likeness (QED) is 0.807. The van der Waals surface area contributed by atoms with Gasteiger partial charge in [0.1, 0.15) is 11.6 Å². The predicted molar refractivity (Wildman–Crippen MR) is 87.4 cm³/mol. The van der Waals surface area contributed by atoms with Gasteiger partial charge < -0.3 is 10.4 Å². The molecule has 7 heteroatoms. The van der Waals surface area contributed by atoms with E-state index in [9.17, 15) is 18.7 Å². The summed E-state index contributed by atoms with van der Waals surface area (Å²) in [5, 5.41) is 16.5. The summed E-state index contributed by atoms with van der Waals surface area (Å²) >= 11 is 0. The highest BCUT2D eigenvalue weighted by Gasteiger charge is 2.36. The van der Waals surface area contributed by atoms with Gasteiger partial charge in [-0.15, -0.1) is 0 Å². The van der Waals surface area contributed by atoms with Gasteiger partial charge in [0.2, 0.25) is 5.91 Å². The van der Waals surface area contributed by atoms with Crippen molar-refractivity contribution in [2.24, 2.45) is 5.92 Å². The Labute approximate surface area is 144 Å². The number of benzene rings is 1. The minimum absolute atomic E-state index is 0.0509. The van der Waals surface area contributed by atoms with Crippen molar-refractivity contribution in [1.29, 1.82) is 0 Å². The summed E-state index contributed by atoms with van der Waals surface area (Å²) in [6, 6.07) is 4.63. The SMILES string of the molecule is O=C(CCCn1cccn1)NC(c1ccc(F)cc1F)C1CC(O)C1. The highest BCUT2D eigenvalue weighted by Crippen LogP contribution is 2.39. The number of hydrogen-bond acceptors (Lipinski definition) is 3. The lowest BCUT2D eigenvalue weighted by molar-refractivity contribution is -0.123. The summed E-state index contributed by atoms with van der Waals surface area (Å²) in [7, 11) is 0. The molecule has 1 aromatic heterocycles. The van der Waals surface area contributed by atoms with Crippen LogP contribution in [0.3, 0.4) is 0 Å². The molecule has 1 amide bonds. The van der Waals surface area contributed by atoms with Crippen LogP contribution in [0.4, 0.5) is 8.78 Å². The maximum absolute atomic E-state index is 14.1. The lowest BCUT2D eigenvalue weighted by Crippen LogP contribution is -2.41. The maximum Gasteiger partial charge on any atom is 0.220 e. The van der Waals surface area contributed by atoms with Gasteiger partial charge in [0.25, 0.3) is 0 Å². The number of nitrogens with zero attached hydrogens (tertiary/aromatic N) is 2. The molecule has 1 unspecified atom stereocenters. The van der Waals surface area contributed by atoms with Crippen LogP contribution in [-0.2, 0) is 11.3 Å². The summed E-state index contributed by atoms with van der Waals surface area (Å²) in [5.41, 5.74) is 0.263. The minimum Gasteiger partial charge on any atom is -0.393 e. The maximum atomic E-state index is 14.1. The molecular formula is C18H21F2N3O2. The van der Waals surface area contributed by atoms with Crippen molar-refractivity contribution < 1.29 is 18.7 Å². The normalized spacial score (nSPS) is 20.8. The number of halogens is 2. The van der Waals surface area contributed by atoms with Crippen molar-refractivity contribution in [2.45, 2.75) is 44.4 Å². The molecule has 25 heavy (non-hydrogen) atoms. The number of aliphatic hydroxyl groups excluding tert-OH is 1. The number of aryl methyl sites for hydroxylation is 1. The summed E-state index contributed by atoms with van der Waals surface area (Å²) in [5.74, 6) is -1.57. The molecular weight excluding hydrogens is 328 g/mol. The standard InChI is InChI=1S/C18H21F2N3O2/c19-13-4-5-15(16(20)11-13)18(12-9-14(24)10-12)22-17(25)3-1-7-23-8-2-6-21-23/h2,4-6,8,11-12,14,18,24H,1,3,7,9-10H2,(H,22,25). The van der Waals surface area contributed by atoms with E-state index < -0.39 is 23.8 Å². The second kappa shape index (κ2) is 7.74. The van der Waals surface area contributed by atoms with E-state index in [4.69, 9.17) is 0 Å². The van der Waals surface area contributed by atoms with Gasteiger partial charge in [-0.05, 0) is 37.3 Å². The van der Waals surface area contributed by atoms with E-state index in [0.717, 1.165) is 6.07 Å². The number of carbonyl (C=O) groups excluding carboxylic acids is 1. The van der Waals surface area contributed by atoms with Crippen LogP contribution in [0.25, 0.3) is 0 Å². The highest BCUT2D eigenvalue weighted by molar-refractivity contribution is 5.76. The van der Waals surface area contributed by atoms with Crippen LogP contribution in [0, 0.1) is 17.6 Å². The number of carbonyl (C=O) groups is 1. The van der Waals surface area contributed by atoms with Crippen LogP contribution in [-0.4, -0.2) is 26.9 Å². The zero-order valence-electron chi connectivity index (χ0n) is 13.7. The molecule has 1 aromatic carbocycles. The molecule has 2 N–H and O–H groups in total. The first-order chi connectivity index (χ1) is 12.0. The largest absolute Gasteiger partial charge is 0.393 e. The fourth-order valence-corrected chi connectivity index (χ4v) is 3.19. The van der Waals surface area contributed by atoms with Crippen molar-refractivity contribution in [3.8, 4) is 0 Å². The Kier molecular flexibility index (Phi) is 5.43. The van der Waals surface area contributed by atoms with E-state index in [0.29, 0.717) is 25.8 Å². The fraction of sp³-hybridized carbons (Fsp3) is 0.444. The summed E-state index contributed by atoms with van der Waals surface area (Å²) < 4.78 is 29.0. The number of nitrogens with one attached hydrogen (secondary N) is 1. The van der Waals surface area contributed by atoms with Crippen LogP contribution in [0.15, 0.2) is 36.7 Å². The van der Waals surface area contributed by atoms with Gasteiger partial charge in [-0.2, -0.15) is 5.10 Å². The zero-order chi connectivity index (χ0) is 17.8. The van der Waals surface area contributed by atoms with E-state index in [-0.39, 0.29) is 23.8 Å². The number of amides is 1. The van der Waals surface area contributed by atoms with Gasteiger partial charge in [-0.1, -0.05) is 6.07 Å². The Morgan fingerprint density at radius 3 is 2.84 bits per heavy atom. The Hall–Kier alpha value is -2.28. The second-order valence-electron chi connectivity index (χ2n) is 6.47. The molecule has 0 bridgehead atoms. The molecule has 5 nitrogen and oxygen atoms in total. The Morgan fingerprint density at radius 1 is 1.40 bits per heavy atom. The van der Waals surface area contributed by atoms with Crippen LogP contribution in [0.2, 0.25) is 0 Å². The van der Waals surface area contributed by atoms with E-state index >= 15 is 0 Å². The van der Waals surface area contributed by atoms with Gasteiger partial charge >= 0.3 is 0 Å². The topological polar surface area (TPSA) is 67.2 Å². The Bertz CT molecular complexity index is 715. The molecule has 1 aliphatic rings. The summed E-state index contributed by atoms with van der Waals surface area (Å²) in [6.45, 7) is 0.623. The number of rotatable bonds is 7. The van der Waals surface area contributed by atoms with Crippen molar-refractivity contribution in [2.75, 3.05) is 0 Å². The van der Waals surface area contributed by atoms with E-state index in [1.165, 1.54) is 12.1 Å². The molecule has 0 radical (unpaired) electrons. The average Bonchev–Trinajstić information content (AvgIpc) is 3.04. The first-order valence-electron chi connectivity index (χ1n) is 8.42. The van der Waals surface area contributed by atoms with Crippen molar-refractivity contribution in [3.63, 3.8) is 0 Å². The number of aliphatic hydroxyl groups is 1. The zero-order valence-corrected chi connectivity index (χ0v) is 13.7. The number of aromatic nitrogens is 2. The van der Waals surface area contributed by atoms with E-state index in [2.05, 4.69) is 10.4 Å². The molecule has 0 saturated heterocycles.